The highest BCUT2D eigenvalue weighted by Crippen LogP contribution is 2.28. The zero-order valence-electron chi connectivity index (χ0n) is 16.3. The molecule has 0 unspecified atom stereocenters. The third-order valence-electron chi connectivity index (χ3n) is 6.16. The number of rotatable bonds is 7. The molecule has 146 valence electrons. The molecule has 3 heterocycles. The summed E-state index contributed by atoms with van der Waals surface area (Å²) >= 11 is 0. The van der Waals surface area contributed by atoms with Gasteiger partial charge in [-0.1, -0.05) is 30.5 Å². The predicted octanol–water partition coefficient (Wildman–Crippen LogP) is 4.12. The van der Waals surface area contributed by atoms with E-state index in [1.807, 2.05) is 24.5 Å². The Balaban J connectivity index is 1.38. The Hall–Kier alpha value is -1.72. The molecule has 1 saturated heterocycles. The van der Waals surface area contributed by atoms with Crippen molar-refractivity contribution in [3.8, 4) is 0 Å². The van der Waals surface area contributed by atoms with E-state index in [1.165, 1.54) is 63.6 Å². The predicted molar refractivity (Wildman–Crippen MR) is 106 cm³/mol. The lowest BCUT2D eigenvalue weighted by molar-refractivity contribution is 0.0766. The summed E-state index contributed by atoms with van der Waals surface area (Å²) in [5.74, 6) is 0.740. The van der Waals surface area contributed by atoms with E-state index >= 15 is 0 Å². The van der Waals surface area contributed by atoms with E-state index in [0.29, 0.717) is 0 Å². The van der Waals surface area contributed by atoms with E-state index in [-0.39, 0.29) is 0 Å². The number of piperidine rings is 1. The molecule has 2 aromatic rings. The average molecular weight is 369 g/mol. The molecule has 5 nitrogen and oxygen atoms in total. The Morgan fingerprint density at radius 3 is 2.78 bits per heavy atom. The number of pyridine rings is 1. The summed E-state index contributed by atoms with van der Waals surface area (Å²) in [4.78, 5) is 9.60. The van der Waals surface area contributed by atoms with Gasteiger partial charge in [0, 0.05) is 50.7 Å². The van der Waals surface area contributed by atoms with Gasteiger partial charge in [0.05, 0.1) is 5.69 Å². The monoisotopic (exact) mass is 368 g/mol. The fourth-order valence-corrected chi connectivity index (χ4v) is 4.87. The molecule has 0 amide bonds. The average Bonchev–Trinajstić information content (AvgIpc) is 3.23. The molecule has 2 aromatic heterocycles. The quantitative estimate of drug-likeness (QED) is 0.736. The smallest absolute Gasteiger partial charge is 0.124 e. The number of likely N-dealkylation sites (tertiary alicyclic amines) is 1. The minimum absolute atomic E-state index is 0.740. The van der Waals surface area contributed by atoms with E-state index in [2.05, 4.69) is 26.0 Å². The van der Waals surface area contributed by atoms with Gasteiger partial charge in [-0.15, -0.1) is 0 Å². The van der Waals surface area contributed by atoms with Gasteiger partial charge in [-0.25, -0.2) is 0 Å². The Morgan fingerprint density at radius 1 is 1.07 bits per heavy atom. The van der Waals surface area contributed by atoms with E-state index < -0.39 is 0 Å². The summed E-state index contributed by atoms with van der Waals surface area (Å²) in [5.41, 5.74) is 2.28. The first-order chi connectivity index (χ1) is 13.4. The van der Waals surface area contributed by atoms with Crippen LogP contribution in [0.3, 0.4) is 0 Å². The van der Waals surface area contributed by atoms with Crippen molar-refractivity contribution >= 4 is 0 Å². The normalized spacial score (nSPS) is 22.3. The van der Waals surface area contributed by atoms with E-state index in [4.69, 9.17) is 4.52 Å². The lowest BCUT2D eigenvalue weighted by Gasteiger charge is -2.41. The molecule has 0 bridgehead atoms. The second-order valence-electron chi connectivity index (χ2n) is 8.32. The minimum atomic E-state index is 0.740. The molecule has 1 aliphatic carbocycles. The molecule has 27 heavy (non-hydrogen) atoms. The summed E-state index contributed by atoms with van der Waals surface area (Å²) in [6.07, 6.45) is 15.3. The summed E-state index contributed by atoms with van der Waals surface area (Å²) in [5, 5.41) is 4.14. The van der Waals surface area contributed by atoms with Crippen LogP contribution < -0.4 is 0 Å². The number of hydrogen-bond donors (Lipinski definition) is 0. The van der Waals surface area contributed by atoms with Crippen molar-refractivity contribution in [1.29, 1.82) is 0 Å². The highest BCUT2D eigenvalue weighted by atomic mass is 16.5. The van der Waals surface area contributed by atoms with Gasteiger partial charge in [0.1, 0.15) is 6.26 Å². The largest absolute Gasteiger partial charge is 0.364 e. The Kier molecular flexibility index (Phi) is 6.53. The van der Waals surface area contributed by atoms with Crippen LogP contribution in [0.15, 0.2) is 41.4 Å². The Bertz CT molecular complexity index is 654. The topological polar surface area (TPSA) is 45.4 Å². The van der Waals surface area contributed by atoms with Gasteiger partial charge in [0.25, 0.3) is 0 Å². The second kappa shape index (κ2) is 9.47. The highest BCUT2D eigenvalue weighted by molar-refractivity contribution is 5.08. The third kappa shape index (κ3) is 5.39. The molecule has 1 atom stereocenters. The molecule has 1 saturated carbocycles. The first kappa shape index (κ1) is 18.6. The van der Waals surface area contributed by atoms with Gasteiger partial charge < -0.3 is 9.42 Å². The van der Waals surface area contributed by atoms with Crippen LogP contribution >= 0.6 is 0 Å². The molecule has 4 rings (SSSR count). The van der Waals surface area contributed by atoms with Gasteiger partial charge >= 0.3 is 0 Å². The van der Waals surface area contributed by atoms with Crippen LogP contribution in [0.4, 0.5) is 0 Å². The summed E-state index contributed by atoms with van der Waals surface area (Å²) < 4.78 is 5.05. The van der Waals surface area contributed by atoms with E-state index in [1.54, 1.807) is 6.26 Å². The minimum Gasteiger partial charge on any atom is -0.364 e. The maximum atomic E-state index is 5.05. The molecule has 0 radical (unpaired) electrons. The fraction of sp³-hybridized carbons (Fsp3) is 0.636. The van der Waals surface area contributed by atoms with Crippen LogP contribution in [0.2, 0.25) is 0 Å². The van der Waals surface area contributed by atoms with Crippen molar-refractivity contribution in [2.75, 3.05) is 19.6 Å². The number of nitrogens with zero attached hydrogens (tertiary/aromatic N) is 4. The fourth-order valence-electron chi connectivity index (χ4n) is 4.87. The van der Waals surface area contributed by atoms with E-state index in [9.17, 15) is 0 Å². The van der Waals surface area contributed by atoms with Crippen LogP contribution in [0.25, 0.3) is 0 Å². The van der Waals surface area contributed by atoms with Gasteiger partial charge in [0.2, 0.25) is 0 Å². The first-order valence-corrected chi connectivity index (χ1v) is 10.6. The lowest BCUT2D eigenvalue weighted by atomic mass is 9.90. The molecule has 5 heteroatoms. The first-order valence-electron chi connectivity index (χ1n) is 10.6. The summed E-state index contributed by atoms with van der Waals surface area (Å²) in [6.45, 7) is 5.43. The zero-order valence-corrected chi connectivity index (χ0v) is 16.3. The Labute approximate surface area is 162 Å². The number of hydrogen-bond acceptors (Lipinski definition) is 5. The van der Waals surface area contributed by atoms with Crippen LogP contribution in [-0.4, -0.2) is 45.6 Å². The van der Waals surface area contributed by atoms with Crippen molar-refractivity contribution in [2.24, 2.45) is 5.92 Å². The van der Waals surface area contributed by atoms with Crippen molar-refractivity contribution in [3.63, 3.8) is 0 Å². The summed E-state index contributed by atoms with van der Waals surface area (Å²) in [6, 6.07) is 7.00. The molecule has 0 aromatic carbocycles. The maximum absolute atomic E-state index is 5.05. The van der Waals surface area contributed by atoms with Crippen molar-refractivity contribution in [2.45, 2.75) is 64.1 Å². The van der Waals surface area contributed by atoms with Gasteiger partial charge in [0.15, 0.2) is 0 Å². The van der Waals surface area contributed by atoms with Crippen molar-refractivity contribution < 1.29 is 4.52 Å². The van der Waals surface area contributed by atoms with E-state index in [0.717, 1.165) is 37.3 Å². The Morgan fingerprint density at radius 2 is 2.00 bits per heavy atom. The van der Waals surface area contributed by atoms with Crippen molar-refractivity contribution in [1.82, 2.24) is 19.9 Å². The lowest BCUT2D eigenvalue weighted by Crippen LogP contribution is -2.46. The second-order valence-corrected chi connectivity index (χ2v) is 8.32. The molecular formula is C22H32N4O. The molecule has 0 N–H and O–H groups in total. The standard InChI is InChI=1S/C22H32N4O/c1-2-8-22(9-3-1)26-12-5-7-20(17-26)16-25(18-21-10-13-27-24-21)15-19-6-4-11-23-14-19/h4,6,10-11,13-14,20,22H,1-3,5,7-9,12,15-18H2/t20-/m1/s1. The molecular weight excluding hydrogens is 336 g/mol. The molecule has 1 aliphatic heterocycles. The maximum Gasteiger partial charge on any atom is 0.124 e. The van der Waals surface area contributed by atoms with Crippen LogP contribution in [0.5, 0.6) is 0 Å². The number of aromatic nitrogens is 2. The van der Waals surface area contributed by atoms with Crippen LogP contribution in [-0.2, 0) is 13.1 Å². The van der Waals surface area contributed by atoms with Crippen LogP contribution in [0.1, 0.15) is 56.2 Å². The third-order valence-corrected chi connectivity index (χ3v) is 6.16. The van der Waals surface area contributed by atoms with Gasteiger partial charge in [-0.2, -0.15) is 0 Å². The molecule has 0 spiro atoms. The highest BCUT2D eigenvalue weighted by Gasteiger charge is 2.28. The molecule has 2 aliphatic rings. The van der Waals surface area contributed by atoms with Gasteiger partial charge in [-0.05, 0) is 49.8 Å². The van der Waals surface area contributed by atoms with Crippen LogP contribution in [0, 0.1) is 5.92 Å². The molecule has 2 fully saturated rings. The zero-order chi connectivity index (χ0) is 18.3. The summed E-state index contributed by atoms with van der Waals surface area (Å²) in [7, 11) is 0. The van der Waals surface area contributed by atoms with Gasteiger partial charge in [-0.3, -0.25) is 9.88 Å². The van der Waals surface area contributed by atoms with Crippen molar-refractivity contribution in [3.05, 3.63) is 48.1 Å². The SMILES string of the molecule is c1cncc(CN(Cc2ccon2)C[C@H]2CCCN(C3CCCCC3)C2)c1.